The van der Waals surface area contributed by atoms with Crippen LogP contribution in [0.1, 0.15) is 106 Å². The van der Waals surface area contributed by atoms with Crippen LogP contribution in [-0.2, 0) is 0 Å². The molecule has 0 aliphatic heterocycles. The quantitative estimate of drug-likeness (QED) is 0.460. The first kappa shape index (κ1) is 26.3. The summed E-state index contributed by atoms with van der Waals surface area (Å²) in [7, 11) is 0. The summed E-state index contributed by atoms with van der Waals surface area (Å²) in [4.78, 5) is 0. The molecule has 0 aromatic heterocycles. The Morgan fingerprint density at radius 2 is 1.59 bits per heavy atom. The highest BCUT2D eigenvalue weighted by Crippen LogP contribution is 2.66. The number of hydrogen-bond donors (Lipinski definition) is 2. The minimum atomic E-state index is -4.50. The van der Waals surface area contributed by atoms with Crippen LogP contribution >= 0.6 is 0 Å². The second-order valence-corrected chi connectivity index (χ2v) is 12.8. The number of alkyl halides is 3. The predicted octanol–water partition coefficient (Wildman–Crippen LogP) is 7.37. The van der Waals surface area contributed by atoms with Crippen molar-refractivity contribution in [3.8, 4) is 0 Å². The van der Waals surface area contributed by atoms with Gasteiger partial charge in [-0.25, -0.2) is 0 Å². The highest BCUT2D eigenvalue weighted by atomic mass is 19.4. The third-order valence-electron chi connectivity index (χ3n) is 10.5. The number of halogens is 3. The van der Waals surface area contributed by atoms with Crippen molar-refractivity contribution in [2.45, 2.75) is 123 Å². The molecule has 0 unspecified atom stereocenters. The largest absolute Gasteiger partial charge is 0.417 e. The van der Waals surface area contributed by atoms with Gasteiger partial charge in [-0.3, -0.25) is 0 Å². The summed E-state index contributed by atoms with van der Waals surface area (Å²) in [5.41, 5.74) is -2.73. The topological polar surface area (TPSA) is 40.5 Å². The van der Waals surface area contributed by atoms with E-state index in [2.05, 4.69) is 13.8 Å². The standard InChI is InChI=1S/C26H43F3O2.CH4/c1-16(9-12-23(2,3)30)21-7-8-22-20-6-5-17-15-25(31,26(27,28)29)14-11-18(17)19(20)10-13-24(21,22)4;/h16-22,30-31H,5-15H2,1-4H3;1H4/t16-,17+,18+,19-,20-,21-,22+,24-,25+;/m1./s1. The zero-order valence-corrected chi connectivity index (χ0v) is 19.8. The van der Waals surface area contributed by atoms with Crippen molar-refractivity contribution in [3.63, 3.8) is 0 Å². The molecule has 4 saturated carbocycles. The van der Waals surface area contributed by atoms with E-state index in [0.717, 1.165) is 32.1 Å². The molecule has 0 spiro atoms. The summed E-state index contributed by atoms with van der Waals surface area (Å²) in [6, 6.07) is 0. The fourth-order valence-electron chi connectivity index (χ4n) is 8.89. The van der Waals surface area contributed by atoms with Gasteiger partial charge in [-0.15, -0.1) is 0 Å². The van der Waals surface area contributed by atoms with Crippen molar-refractivity contribution in [1.29, 1.82) is 0 Å². The molecule has 4 aliphatic carbocycles. The smallest absolute Gasteiger partial charge is 0.390 e. The van der Waals surface area contributed by atoms with Gasteiger partial charge in [0.25, 0.3) is 0 Å². The van der Waals surface area contributed by atoms with Gasteiger partial charge in [0.2, 0.25) is 0 Å². The van der Waals surface area contributed by atoms with E-state index >= 15 is 0 Å². The van der Waals surface area contributed by atoms with Crippen molar-refractivity contribution in [3.05, 3.63) is 0 Å². The van der Waals surface area contributed by atoms with Crippen LogP contribution in [0.5, 0.6) is 0 Å². The van der Waals surface area contributed by atoms with E-state index in [9.17, 15) is 23.4 Å². The summed E-state index contributed by atoms with van der Waals surface area (Å²) in [6.45, 7) is 8.66. The van der Waals surface area contributed by atoms with Crippen LogP contribution < -0.4 is 0 Å². The predicted molar refractivity (Wildman–Crippen MR) is 123 cm³/mol. The number of aliphatic hydroxyl groups is 2. The third kappa shape index (κ3) is 4.51. The van der Waals surface area contributed by atoms with Gasteiger partial charge in [0.1, 0.15) is 0 Å². The van der Waals surface area contributed by atoms with Crippen LogP contribution in [0, 0.1) is 46.8 Å². The van der Waals surface area contributed by atoms with Gasteiger partial charge in [-0.05, 0) is 131 Å². The maximum atomic E-state index is 13.4. The lowest BCUT2D eigenvalue weighted by Crippen LogP contribution is -2.55. The van der Waals surface area contributed by atoms with Gasteiger partial charge in [0.15, 0.2) is 5.60 Å². The van der Waals surface area contributed by atoms with Crippen LogP contribution in [0.25, 0.3) is 0 Å². The van der Waals surface area contributed by atoms with Gasteiger partial charge >= 0.3 is 6.18 Å². The van der Waals surface area contributed by atoms with E-state index in [0.29, 0.717) is 47.3 Å². The first-order chi connectivity index (χ1) is 14.3. The van der Waals surface area contributed by atoms with Crippen molar-refractivity contribution < 1.29 is 23.4 Å². The number of rotatable bonds is 4. The van der Waals surface area contributed by atoms with Crippen LogP contribution in [0.15, 0.2) is 0 Å². The minimum Gasteiger partial charge on any atom is -0.390 e. The Morgan fingerprint density at radius 3 is 2.22 bits per heavy atom. The molecule has 2 N–H and O–H groups in total. The maximum absolute atomic E-state index is 13.4. The normalized spacial score (nSPS) is 45.3. The first-order valence-corrected chi connectivity index (χ1v) is 12.8. The highest BCUT2D eigenvalue weighted by Gasteiger charge is 2.62. The maximum Gasteiger partial charge on any atom is 0.417 e. The van der Waals surface area contributed by atoms with Crippen molar-refractivity contribution in [1.82, 2.24) is 0 Å². The first-order valence-electron chi connectivity index (χ1n) is 12.8. The molecule has 0 aromatic rings. The fourth-order valence-corrected chi connectivity index (χ4v) is 8.89. The zero-order chi connectivity index (χ0) is 22.8. The average Bonchev–Trinajstić information content (AvgIpc) is 3.01. The van der Waals surface area contributed by atoms with Crippen LogP contribution in [-0.4, -0.2) is 27.6 Å². The molecular weight excluding hydrogens is 413 g/mol. The van der Waals surface area contributed by atoms with Crippen LogP contribution in [0.2, 0.25) is 0 Å². The molecule has 188 valence electrons. The summed E-state index contributed by atoms with van der Waals surface area (Å²) in [6.07, 6.45) is 4.52. The molecule has 5 heteroatoms. The lowest BCUT2D eigenvalue weighted by atomic mass is 9.48. The van der Waals surface area contributed by atoms with Gasteiger partial charge in [-0.1, -0.05) is 21.3 Å². The average molecular weight is 461 g/mol. The second-order valence-electron chi connectivity index (χ2n) is 12.8. The van der Waals surface area contributed by atoms with Crippen LogP contribution in [0.3, 0.4) is 0 Å². The van der Waals surface area contributed by atoms with E-state index in [1.54, 1.807) is 0 Å². The van der Waals surface area contributed by atoms with E-state index < -0.39 is 17.4 Å². The summed E-state index contributed by atoms with van der Waals surface area (Å²) >= 11 is 0. The number of fused-ring (bicyclic) bond motifs is 5. The molecule has 0 saturated heterocycles. The Morgan fingerprint density at radius 1 is 0.938 bits per heavy atom. The molecule has 4 fully saturated rings. The van der Waals surface area contributed by atoms with E-state index in [4.69, 9.17) is 0 Å². The Labute approximate surface area is 193 Å². The van der Waals surface area contributed by atoms with Gasteiger partial charge in [-0.2, -0.15) is 13.2 Å². The zero-order valence-electron chi connectivity index (χ0n) is 19.8. The number of hydrogen-bond acceptors (Lipinski definition) is 2. The molecular formula is C27H47F3O2. The molecule has 2 nitrogen and oxygen atoms in total. The molecule has 4 rings (SSSR count). The molecule has 0 bridgehead atoms. The monoisotopic (exact) mass is 460 g/mol. The molecule has 0 heterocycles. The van der Waals surface area contributed by atoms with Gasteiger partial charge < -0.3 is 10.2 Å². The summed E-state index contributed by atoms with van der Waals surface area (Å²) in [5, 5.41) is 20.5. The summed E-state index contributed by atoms with van der Waals surface area (Å²) < 4.78 is 40.3. The lowest BCUT2D eigenvalue weighted by molar-refractivity contribution is -0.282. The SMILES string of the molecule is C.C[C@H](CCC(C)(C)O)[C@H]1CC[C@H]2[C@@H]3CC[C@H]4C[C@](O)(C(F)(F)F)CC[C@@H]4[C@H]3CC[C@]12C. The molecule has 0 amide bonds. The van der Waals surface area contributed by atoms with Crippen LogP contribution in [0.4, 0.5) is 13.2 Å². The molecule has 0 radical (unpaired) electrons. The Balaban J connectivity index is 0.00000289. The Bertz CT molecular complexity index is 656. The summed E-state index contributed by atoms with van der Waals surface area (Å²) in [5.74, 6) is 3.62. The molecule has 9 atom stereocenters. The Hall–Kier alpha value is -0.290. The van der Waals surface area contributed by atoms with Gasteiger partial charge in [0.05, 0.1) is 5.60 Å². The molecule has 4 aliphatic rings. The second kappa shape index (κ2) is 8.73. The Kier molecular flexibility index (Phi) is 7.18. The third-order valence-corrected chi connectivity index (χ3v) is 10.5. The van der Waals surface area contributed by atoms with Gasteiger partial charge in [0, 0.05) is 0 Å². The van der Waals surface area contributed by atoms with Crippen molar-refractivity contribution in [2.75, 3.05) is 0 Å². The molecule has 0 aromatic carbocycles. The van der Waals surface area contributed by atoms with E-state index in [-0.39, 0.29) is 26.2 Å². The fraction of sp³-hybridized carbons (Fsp3) is 1.00. The van der Waals surface area contributed by atoms with E-state index in [1.807, 2.05) is 13.8 Å². The van der Waals surface area contributed by atoms with E-state index in [1.165, 1.54) is 19.3 Å². The molecule has 32 heavy (non-hydrogen) atoms. The van der Waals surface area contributed by atoms with Crippen molar-refractivity contribution in [2.24, 2.45) is 46.8 Å². The minimum absolute atomic E-state index is 0. The lowest BCUT2D eigenvalue weighted by Gasteiger charge is -2.57. The highest BCUT2D eigenvalue weighted by molar-refractivity contribution is 5.08. The van der Waals surface area contributed by atoms with Crippen molar-refractivity contribution >= 4 is 0 Å².